The number of hydrogen-bond donors (Lipinski definition) is 1. The lowest BCUT2D eigenvalue weighted by atomic mass is 10.0. The summed E-state index contributed by atoms with van der Waals surface area (Å²) in [4.78, 5) is 2.12. The first-order valence-electron chi connectivity index (χ1n) is 6.57. The van der Waals surface area contributed by atoms with Gasteiger partial charge in [0.1, 0.15) is 5.75 Å². The van der Waals surface area contributed by atoms with Gasteiger partial charge in [-0.2, -0.15) is 0 Å². The predicted octanol–water partition coefficient (Wildman–Crippen LogP) is 2.72. The van der Waals surface area contributed by atoms with E-state index < -0.39 is 6.43 Å². The minimum atomic E-state index is -2.30. The molecule has 1 aromatic carbocycles. The van der Waals surface area contributed by atoms with Gasteiger partial charge in [-0.05, 0) is 17.7 Å². The highest BCUT2D eigenvalue weighted by atomic mass is 35.5. The summed E-state index contributed by atoms with van der Waals surface area (Å²) in [5.74, 6) is 0.715. The lowest BCUT2D eigenvalue weighted by Crippen LogP contribution is -2.45. The minimum Gasteiger partial charge on any atom is -0.497 e. The van der Waals surface area contributed by atoms with Crippen molar-refractivity contribution >= 4 is 12.4 Å². The van der Waals surface area contributed by atoms with Gasteiger partial charge in [0.15, 0.2) is 0 Å². The summed E-state index contributed by atoms with van der Waals surface area (Å²) in [6.45, 7) is 3.30. The van der Waals surface area contributed by atoms with Crippen LogP contribution < -0.4 is 10.1 Å². The SMILES string of the molecule is COc1cccc([C@H](CC(F)F)N2CCNCC2)c1.Cl. The summed E-state index contributed by atoms with van der Waals surface area (Å²) in [7, 11) is 1.59. The van der Waals surface area contributed by atoms with Crippen molar-refractivity contribution in [1.29, 1.82) is 0 Å². The van der Waals surface area contributed by atoms with Crippen molar-refractivity contribution in [3.8, 4) is 5.75 Å². The Morgan fingerprint density at radius 2 is 2.00 bits per heavy atom. The van der Waals surface area contributed by atoms with E-state index >= 15 is 0 Å². The average molecular weight is 307 g/mol. The molecule has 1 aliphatic heterocycles. The Kier molecular flexibility index (Phi) is 7.19. The van der Waals surface area contributed by atoms with Gasteiger partial charge in [0, 0.05) is 38.6 Å². The van der Waals surface area contributed by atoms with Gasteiger partial charge < -0.3 is 10.1 Å². The zero-order valence-corrected chi connectivity index (χ0v) is 12.3. The molecular weight excluding hydrogens is 286 g/mol. The van der Waals surface area contributed by atoms with E-state index in [-0.39, 0.29) is 24.9 Å². The second-order valence-corrected chi connectivity index (χ2v) is 4.71. The number of piperazine rings is 1. The molecule has 0 radical (unpaired) electrons. The molecule has 0 saturated carbocycles. The van der Waals surface area contributed by atoms with Crippen LogP contribution in [-0.2, 0) is 0 Å². The van der Waals surface area contributed by atoms with Crippen LogP contribution in [0.1, 0.15) is 18.0 Å². The van der Waals surface area contributed by atoms with Crippen molar-refractivity contribution in [3.05, 3.63) is 29.8 Å². The van der Waals surface area contributed by atoms with Crippen LogP contribution in [0.15, 0.2) is 24.3 Å². The first kappa shape index (κ1) is 17.1. The number of ether oxygens (including phenoxy) is 1. The summed E-state index contributed by atoms with van der Waals surface area (Å²) < 4.78 is 30.8. The third kappa shape index (κ3) is 4.58. The molecule has 0 aliphatic carbocycles. The van der Waals surface area contributed by atoms with Gasteiger partial charge in [-0.15, -0.1) is 12.4 Å². The van der Waals surface area contributed by atoms with Gasteiger partial charge in [-0.3, -0.25) is 4.90 Å². The largest absolute Gasteiger partial charge is 0.497 e. The van der Waals surface area contributed by atoms with Crippen molar-refractivity contribution in [2.24, 2.45) is 0 Å². The maximum Gasteiger partial charge on any atom is 0.240 e. The summed E-state index contributed by atoms with van der Waals surface area (Å²) in [5, 5.41) is 3.24. The second-order valence-electron chi connectivity index (χ2n) is 4.71. The van der Waals surface area contributed by atoms with Crippen molar-refractivity contribution in [2.75, 3.05) is 33.3 Å². The number of nitrogens with one attached hydrogen (secondary N) is 1. The van der Waals surface area contributed by atoms with Gasteiger partial charge >= 0.3 is 0 Å². The lowest BCUT2D eigenvalue weighted by Gasteiger charge is -2.35. The highest BCUT2D eigenvalue weighted by molar-refractivity contribution is 5.85. The Balaban J connectivity index is 0.00000200. The summed E-state index contributed by atoms with van der Waals surface area (Å²) in [6.07, 6.45) is -2.43. The zero-order chi connectivity index (χ0) is 13.7. The second kappa shape index (κ2) is 8.39. The smallest absolute Gasteiger partial charge is 0.240 e. The topological polar surface area (TPSA) is 24.5 Å². The van der Waals surface area contributed by atoms with Gasteiger partial charge in [0.05, 0.1) is 7.11 Å². The van der Waals surface area contributed by atoms with Crippen LogP contribution >= 0.6 is 12.4 Å². The number of benzene rings is 1. The zero-order valence-electron chi connectivity index (χ0n) is 11.5. The molecule has 3 nitrogen and oxygen atoms in total. The fraction of sp³-hybridized carbons (Fsp3) is 0.571. The Hall–Kier alpha value is -0.910. The van der Waals surface area contributed by atoms with E-state index in [9.17, 15) is 8.78 Å². The number of halogens is 3. The standard InChI is InChI=1S/C14H20F2N2O.ClH/c1-19-12-4-2-3-11(9-12)13(10-14(15)16)18-7-5-17-6-8-18;/h2-4,9,13-14,17H,5-8,10H2,1H3;1H/t13-;/m0./s1. The van der Waals surface area contributed by atoms with E-state index in [0.29, 0.717) is 5.75 Å². The molecule has 0 unspecified atom stereocenters. The third-order valence-corrected chi connectivity index (χ3v) is 3.47. The molecule has 114 valence electrons. The van der Waals surface area contributed by atoms with Crippen molar-refractivity contribution in [1.82, 2.24) is 10.2 Å². The Morgan fingerprint density at radius 3 is 2.60 bits per heavy atom. The molecule has 0 spiro atoms. The van der Waals surface area contributed by atoms with E-state index in [1.165, 1.54) is 0 Å². The minimum absolute atomic E-state index is 0. The monoisotopic (exact) mass is 306 g/mol. The molecule has 1 heterocycles. The van der Waals surface area contributed by atoms with Gasteiger partial charge in [-0.25, -0.2) is 8.78 Å². The molecule has 2 rings (SSSR count). The van der Waals surface area contributed by atoms with Crippen LogP contribution in [0, 0.1) is 0 Å². The Morgan fingerprint density at radius 1 is 1.30 bits per heavy atom. The maximum atomic E-state index is 12.8. The quantitative estimate of drug-likeness (QED) is 0.905. The van der Waals surface area contributed by atoms with E-state index in [0.717, 1.165) is 31.7 Å². The maximum absolute atomic E-state index is 12.8. The molecule has 1 saturated heterocycles. The van der Waals surface area contributed by atoms with Crippen molar-refractivity contribution in [2.45, 2.75) is 18.9 Å². The van der Waals surface area contributed by atoms with Crippen LogP contribution in [0.3, 0.4) is 0 Å². The molecule has 1 atom stereocenters. The van der Waals surface area contributed by atoms with Crippen LogP contribution in [0.5, 0.6) is 5.75 Å². The highest BCUT2D eigenvalue weighted by Gasteiger charge is 2.25. The molecule has 20 heavy (non-hydrogen) atoms. The molecule has 0 bridgehead atoms. The number of rotatable bonds is 5. The number of nitrogens with zero attached hydrogens (tertiary/aromatic N) is 1. The van der Waals surface area contributed by atoms with E-state index in [2.05, 4.69) is 10.2 Å². The fourth-order valence-electron chi connectivity index (χ4n) is 2.51. The van der Waals surface area contributed by atoms with Gasteiger partial charge in [0.2, 0.25) is 6.43 Å². The molecule has 1 aromatic rings. The van der Waals surface area contributed by atoms with Crippen molar-refractivity contribution in [3.63, 3.8) is 0 Å². The molecule has 1 N–H and O–H groups in total. The first-order valence-corrected chi connectivity index (χ1v) is 6.57. The van der Waals surface area contributed by atoms with Crippen LogP contribution in [0.25, 0.3) is 0 Å². The van der Waals surface area contributed by atoms with Gasteiger partial charge in [0.25, 0.3) is 0 Å². The van der Waals surface area contributed by atoms with Gasteiger partial charge in [-0.1, -0.05) is 12.1 Å². The number of methoxy groups -OCH3 is 1. The third-order valence-electron chi connectivity index (χ3n) is 3.47. The summed E-state index contributed by atoms with van der Waals surface area (Å²) in [6, 6.07) is 7.21. The lowest BCUT2D eigenvalue weighted by molar-refractivity contribution is 0.0738. The molecule has 6 heteroatoms. The summed E-state index contributed by atoms with van der Waals surface area (Å²) >= 11 is 0. The van der Waals surface area contributed by atoms with Crippen LogP contribution in [0.2, 0.25) is 0 Å². The molecule has 1 aliphatic rings. The fourth-order valence-corrected chi connectivity index (χ4v) is 2.51. The molecular formula is C14H21ClF2N2O. The van der Waals surface area contributed by atoms with Crippen LogP contribution in [0.4, 0.5) is 8.78 Å². The Labute approximate surface area is 124 Å². The Bertz CT molecular complexity index is 401. The van der Waals surface area contributed by atoms with Crippen LogP contribution in [-0.4, -0.2) is 44.6 Å². The normalized spacial score (nSPS) is 17.6. The number of hydrogen-bond acceptors (Lipinski definition) is 3. The molecule has 0 aromatic heterocycles. The van der Waals surface area contributed by atoms with Crippen molar-refractivity contribution < 1.29 is 13.5 Å². The predicted molar refractivity (Wildman–Crippen MR) is 78.0 cm³/mol. The van der Waals surface area contributed by atoms with E-state index in [4.69, 9.17) is 4.74 Å². The van der Waals surface area contributed by atoms with E-state index in [1.54, 1.807) is 7.11 Å². The average Bonchev–Trinajstić information content (AvgIpc) is 2.45. The molecule has 1 fully saturated rings. The summed E-state index contributed by atoms with van der Waals surface area (Å²) in [5.41, 5.74) is 0.904. The first-order chi connectivity index (χ1) is 9.20. The van der Waals surface area contributed by atoms with E-state index in [1.807, 2.05) is 24.3 Å². The highest BCUT2D eigenvalue weighted by Crippen LogP contribution is 2.29. The number of alkyl halides is 2. The molecule has 0 amide bonds.